The van der Waals surface area contributed by atoms with Gasteiger partial charge in [-0.05, 0) is 31.1 Å². The van der Waals surface area contributed by atoms with Gasteiger partial charge in [0.05, 0.1) is 5.41 Å². The van der Waals surface area contributed by atoms with E-state index in [0.717, 1.165) is 6.42 Å². The zero-order chi connectivity index (χ0) is 15.8. The fraction of sp³-hybridized carbons (Fsp3) is 0.867. The molecule has 1 amide bonds. The summed E-state index contributed by atoms with van der Waals surface area (Å²) in [7, 11) is 0. The molecular weight excluding hydrogens is 258 g/mol. The zero-order valence-corrected chi connectivity index (χ0v) is 13.2. The summed E-state index contributed by atoms with van der Waals surface area (Å²) in [6, 6.07) is 0. The van der Waals surface area contributed by atoms with Gasteiger partial charge in [-0.15, -0.1) is 0 Å². The molecular formula is C15H29NO4. The summed E-state index contributed by atoms with van der Waals surface area (Å²) in [5.74, 6) is -1.12. The second kappa shape index (κ2) is 8.25. The molecule has 0 saturated carbocycles. The number of carbonyl (C=O) groups is 2. The largest absolute Gasteiger partial charge is 0.481 e. The van der Waals surface area contributed by atoms with Gasteiger partial charge in [0.25, 0.3) is 0 Å². The summed E-state index contributed by atoms with van der Waals surface area (Å²) in [5, 5.41) is 21.0. The molecule has 0 spiro atoms. The van der Waals surface area contributed by atoms with Crippen LogP contribution in [0.4, 0.5) is 0 Å². The molecule has 0 aliphatic carbocycles. The van der Waals surface area contributed by atoms with Crippen LogP contribution in [0.3, 0.4) is 0 Å². The maximum absolute atomic E-state index is 12.0. The monoisotopic (exact) mass is 287 g/mol. The molecule has 0 aliphatic rings. The highest BCUT2D eigenvalue weighted by molar-refractivity contribution is 5.84. The van der Waals surface area contributed by atoms with E-state index in [-0.39, 0.29) is 24.3 Å². The minimum Gasteiger partial charge on any atom is -0.481 e. The van der Waals surface area contributed by atoms with Crippen LogP contribution in [0.1, 0.15) is 59.8 Å². The van der Waals surface area contributed by atoms with E-state index in [1.54, 1.807) is 13.8 Å². The lowest BCUT2D eigenvalue weighted by atomic mass is 9.79. The minimum absolute atomic E-state index is 0.0193. The SMILES string of the molecule is CCC(CC)(CC(=O)NCC(C)(C)CCCO)C(=O)O. The average molecular weight is 287 g/mol. The fourth-order valence-corrected chi connectivity index (χ4v) is 2.23. The topological polar surface area (TPSA) is 86.6 Å². The van der Waals surface area contributed by atoms with Crippen LogP contribution in [0, 0.1) is 10.8 Å². The summed E-state index contributed by atoms with van der Waals surface area (Å²) in [5.41, 5.74) is -1.05. The van der Waals surface area contributed by atoms with Gasteiger partial charge in [0.1, 0.15) is 0 Å². The maximum Gasteiger partial charge on any atom is 0.310 e. The highest BCUT2D eigenvalue weighted by atomic mass is 16.4. The van der Waals surface area contributed by atoms with Crippen LogP contribution in [0.15, 0.2) is 0 Å². The lowest BCUT2D eigenvalue weighted by molar-refractivity contribution is -0.152. The molecule has 0 saturated heterocycles. The van der Waals surface area contributed by atoms with E-state index in [0.29, 0.717) is 25.8 Å². The first kappa shape index (κ1) is 18.9. The van der Waals surface area contributed by atoms with Gasteiger partial charge in [-0.1, -0.05) is 27.7 Å². The average Bonchev–Trinajstić information content (AvgIpc) is 2.40. The van der Waals surface area contributed by atoms with Crippen molar-refractivity contribution in [3.63, 3.8) is 0 Å². The zero-order valence-electron chi connectivity index (χ0n) is 13.2. The van der Waals surface area contributed by atoms with E-state index < -0.39 is 11.4 Å². The summed E-state index contributed by atoms with van der Waals surface area (Å²) in [4.78, 5) is 23.3. The molecule has 5 nitrogen and oxygen atoms in total. The number of amides is 1. The molecule has 5 heteroatoms. The lowest BCUT2D eigenvalue weighted by Gasteiger charge is -2.28. The number of carboxylic acids is 1. The van der Waals surface area contributed by atoms with Gasteiger partial charge in [0, 0.05) is 19.6 Å². The molecule has 0 atom stereocenters. The predicted octanol–water partition coefficient (Wildman–Crippen LogP) is 2.18. The number of rotatable bonds is 10. The van der Waals surface area contributed by atoms with E-state index in [4.69, 9.17) is 5.11 Å². The summed E-state index contributed by atoms with van der Waals surface area (Å²) >= 11 is 0. The van der Waals surface area contributed by atoms with Crippen molar-refractivity contribution in [3.05, 3.63) is 0 Å². The molecule has 3 N–H and O–H groups in total. The Kier molecular flexibility index (Phi) is 7.79. The standard InChI is InChI=1S/C15H29NO4/c1-5-15(6-2,13(19)20)10-12(18)16-11-14(3,4)8-7-9-17/h17H,5-11H2,1-4H3,(H,16,18)(H,19,20). The van der Waals surface area contributed by atoms with E-state index >= 15 is 0 Å². The van der Waals surface area contributed by atoms with Gasteiger partial charge >= 0.3 is 5.97 Å². The van der Waals surface area contributed by atoms with Gasteiger partial charge in [-0.3, -0.25) is 9.59 Å². The van der Waals surface area contributed by atoms with E-state index in [2.05, 4.69) is 5.32 Å². The number of aliphatic carboxylic acids is 1. The highest BCUT2D eigenvalue weighted by Gasteiger charge is 2.37. The molecule has 0 rings (SSSR count). The van der Waals surface area contributed by atoms with Gasteiger partial charge in [0.2, 0.25) is 5.91 Å². The Morgan fingerprint density at radius 3 is 2.10 bits per heavy atom. The van der Waals surface area contributed by atoms with Crippen LogP contribution in [-0.4, -0.2) is 35.2 Å². The van der Waals surface area contributed by atoms with Crippen molar-refractivity contribution in [1.82, 2.24) is 5.32 Å². The Balaban J connectivity index is 4.45. The summed E-state index contributed by atoms with van der Waals surface area (Å²) in [6.45, 7) is 8.28. The number of hydrogen-bond acceptors (Lipinski definition) is 3. The molecule has 0 unspecified atom stereocenters. The number of carboxylic acid groups (broad SMARTS) is 1. The quantitative estimate of drug-likeness (QED) is 0.575. The van der Waals surface area contributed by atoms with Gasteiger partial charge in [0.15, 0.2) is 0 Å². The lowest BCUT2D eigenvalue weighted by Crippen LogP contribution is -2.40. The van der Waals surface area contributed by atoms with Crippen LogP contribution in [0.2, 0.25) is 0 Å². The van der Waals surface area contributed by atoms with E-state index in [1.807, 2.05) is 13.8 Å². The van der Waals surface area contributed by atoms with Crippen molar-refractivity contribution in [3.8, 4) is 0 Å². The molecule has 0 bridgehead atoms. The molecule has 0 fully saturated rings. The smallest absolute Gasteiger partial charge is 0.310 e. The Morgan fingerprint density at radius 2 is 1.70 bits per heavy atom. The van der Waals surface area contributed by atoms with Crippen molar-refractivity contribution < 1.29 is 19.8 Å². The first-order valence-corrected chi connectivity index (χ1v) is 7.34. The van der Waals surface area contributed by atoms with Crippen molar-refractivity contribution in [2.75, 3.05) is 13.2 Å². The number of hydrogen-bond donors (Lipinski definition) is 3. The van der Waals surface area contributed by atoms with Crippen molar-refractivity contribution >= 4 is 11.9 Å². The molecule has 0 radical (unpaired) electrons. The van der Waals surface area contributed by atoms with Crippen LogP contribution in [0.5, 0.6) is 0 Å². The van der Waals surface area contributed by atoms with E-state index in [1.165, 1.54) is 0 Å². The molecule has 0 aromatic carbocycles. The van der Waals surface area contributed by atoms with Gasteiger partial charge < -0.3 is 15.5 Å². The number of carbonyl (C=O) groups excluding carboxylic acids is 1. The second-order valence-electron chi connectivity index (χ2n) is 6.24. The normalized spacial score (nSPS) is 12.2. The third-order valence-corrected chi connectivity index (χ3v) is 4.08. The molecule has 0 heterocycles. The Morgan fingerprint density at radius 1 is 1.15 bits per heavy atom. The van der Waals surface area contributed by atoms with Crippen molar-refractivity contribution in [1.29, 1.82) is 0 Å². The Hall–Kier alpha value is -1.10. The maximum atomic E-state index is 12.0. The first-order valence-electron chi connectivity index (χ1n) is 7.34. The van der Waals surface area contributed by atoms with Gasteiger partial charge in [-0.25, -0.2) is 0 Å². The molecule has 118 valence electrons. The van der Waals surface area contributed by atoms with Crippen LogP contribution < -0.4 is 5.32 Å². The number of nitrogens with one attached hydrogen (secondary N) is 1. The fourth-order valence-electron chi connectivity index (χ4n) is 2.23. The highest BCUT2D eigenvalue weighted by Crippen LogP contribution is 2.31. The van der Waals surface area contributed by atoms with Crippen LogP contribution >= 0.6 is 0 Å². The van der Waals surface area contributed by atoms with E-state index in [9.17, 15) is 14.7 Å². The third kappa shape index (κ3) is 5.90. The molecule has 0 aromatic rings. The Bertz CT molecular complexity index is 322. The third-order valence-electron chi connectivity index (χ3n) is 4.08. The minimum atomic E-state index is -0.959. The summed E-state index contributed by atoms with van der Waals surface area (Å²) in [6.07, 6.45) is 2.42. The molecule has 0 aliphatic heterocycles. The predicted molar refractivity (Wildman–Crippen MR) is 78.4 cm³/mol. The van der Waals surface area contributed by atoms with Gasteiger partial charge in [-0.2, -0.15) is 0 Å². The Labute approximate surface area is 121 Å². The summed E-state index contributed by atoms with van der Waals surface area (Å²) < 4.78 is 0. The number of aliphatic hydroxyl groups is 1. The number of aliphatic hydroxyl groups excluding tert-OH is 1. The van der Waals surface area contributed by atoms with Crippen molar-refractivity contribution in [2.24, 2.45) is 10.8 Å². The van der Waals surface area contributed by atoms with Crippen LogP contribution in [0.25, 0.3) is 0 Å². The molecule has 0 aromatic heterocycles. The van der Waals surface area contributed by atoms with Crippen LogP contribution in [-0.2, 0) is 9.59 Å². The first-order chi connectivity index (χ1) is 9.23. The molecule has 20 heavy (non-hydrogen) atoms. The van der Waals surface area contributed by atoms with Crippen molar-refractivity contribution in [2.45, 2.75) is 59.8 Å². The second-order valence-corrected chi connectivity index (χ2v) is 6.24.